The minimum atomic E-state index is -0.524. The van der Waals surface area contributed by atoms with Crippen LogP contribution in [0.25, 0.3) is 0 Å². The van der Waals surface area contributed by atoms with Crippen molar-refractivity contribution in [2.24, 2.45) is 0 Å². The number of hydrogen-bond donors (Lipinski definition) is 2. The third kappa shape index (κ3) is 3.19. The van der Waals surface area contributed by atoms with Gasteiger partial charge >= 0.3 is 5.97 Å². The number of esters is 1. The van der Waals surface area contributed by atoms with Gasteiger partial charge in [-0.3, -0.25) is 4.79 Å². The molecule has 2 N–H and O–H groups in total. The van der Waals surface area contributed by atoms with E-state index in [9.17, 15) is 9.59 Å². The molecule has 1 aromatic carbocycles. The summed E-state index contributed by atoms with van der Waals surface area (Å²) in [6.07, 6.45) is 4.64. The number of aromatic nitrogens is 1. The Hall–Kier alpha value is -2.56. The van der Waals surface area contributed by atoms with Gasteiger partial charge in [0.15, 0.2) is 6.61 Å². The first-order chi connectivity index (χ1) is 10.7. The predicted molar refractivity (Wildman–Crippen MR) is 81.3 cm³/mol. The highest BCUT2D eigenvalue weighted by Gasteiger charge is 2.21. The molecule has 0 unspecified atom stereocenters. The van der Waals surface area contributed by atoms with Gasteiger partial charge in [-0.2, -0.15) is 0 Å². The largest absolute Gasteiger partial charge is 0.451 e. The summed E-state index contributed by atoms with van der Waals surface area (Å²) in [5, 5.41) is 2.95. The standard InChI is InChI=1S/C17H18N2O3/c20-16(11-22-17(21)15-9-4-10-18-15)19-14-8-3-6-12-5-1-2-7-13(12)14/h1-2,4-5,7,9-10,14,18H,3,6,8,11H2,(H,19,20)/t14-/m1/s1. The van der Waals surface area contributed by atoms with E-state index in [1.807, 2.05) is 18.2 Å². The summed E-state index contributed by atoms with van der Waals surface area (Å²) in [7, 11) is 0. The van der Waals surface area contributed by atoms with Crippen molar-refractivity contribution < 1.29 is 14.3 Å². The Balaban J connectivity index is 1.55. The molecule has 1 aliphatic rings. The van der Waals surface area contributed by atoms with E-state index in [2.05, 4.69) is 16.4 Å². The molecule has 1 aromatic heterocycles. The van der Waals surface area contributed by atoms with Crippen LogP contribution in [-0.4, -0.2) is 23.5 Å². The Labute approximate surface area is 128 Å². The molecule has 0 saturated carbocycles. The topological polar surface area (TPSA) is 71.2 Å². The molecule has 0 aliphatic heterocycles. The summed E-state index contributed by atoms with van der Waals surface area (Å²) in [4.78, 5) is 26.4. The Morgan fingerprint density at radius 2 is 2.09 bits per heavy atom. The number of H-pyrrole nitrogens is 1. The minimum Gasteiger partial charge on any atom is -0.451 e. The molecular weight excluding hydrogens is 280 g/mol. The summed E-state index contributed by atoms with van der Waals surface area (Å²) in [5.74, 6) is -0.800. The first-order valence-electron chi connectivity index (χ1n) is 7.42. The van der Waals surface area contributed by atoms with E-state index in [4.69, 9.17) is 4.74 Å². The van der Waals surface area contributed by atoms with Gasteiger partial charge in [-0.1, -0.05) is 24.3 Å². The molecule has 0 bridgehead atoms. The van der Waals surface area contributed by atoms with Crippen molar-refractivity contribution in [1.82, 2.24) is 10.3 Å². The van der Waals surface area contributed by atoms with Crippen molar-refractivity contribution in [3.05, 3.63) is 59.4 Å². The number of nitrogens with one attached hydrogen (secondary N) is 2. The molecule has 114 valence electrons. The van der Waals surface area contributed by atoms with Crippen molar-refractivity contribution in [3.63, 3.8) is 0 Å². The van der Waals surface area contributed by atoms with Crippen LogP contribution in [0.4, 0.5) is 0 Å². The minimum absolute atomic E-state index is 0.00152. The van der Waals surface area contributed by atoms with Crippen LogP contribution in [0.3, 0.4) is 0 Å². The zero-order chi connectivity index (χ0) is 15.4. The van der Waals surface area contributed by atoms with E-state index in [0.717, 1.165) is 24.8 Å². The second kappa shape index (κ2) is 6.47. The highest BCUT2D eigenvalue weighted by atomic mass is 16.5. The summed E-state index contributed by atoms with van der Waals surface area (Å²) in [5.41, 5.74) is 2.79. The zero-order valence-corrected chi connectivity index (χ0v) is 12.2. The summed E-state index contributed by atoms with van der Waals surface area (Å²) >= 11 is 0. The monoisotopic (exact) mass is 298 g/mol. The number of aromatic amines is 1. The third-order valence-corrected chi connectivity index (χ3v) is 3.86. The average Bonchev–Trinajstić information content (AvgIpc) is 3.07. The summed E-state index contributed by atoms with van der Waals surface area (Å²) in [6, 6.07) is 11.5. The number of hydrogen-bond acceptors (Lipinski definition) is 3. The molecule has 1 aliphatic carbocycles. The van der Waals surface area contributed by atoms with Crippen LogP contribution < -0.4 is 5.32 Å². The average molecular weight is 298 g/mol. The smallest absolute Gasteiger partial charge is 0.355 e. The molecule has 3 rings (SSSR count). The number of fused-ring (bicyclic) bond motifs is 1. The molecule has 0 saturated heterocycles. The molecule has 0 radical (unpaired) electrons. The quantitative estimate of drug-likeness (QED) is 0.851. The molecule has 1 heterocycles. The SMILES string of the molecule is O=C(COC(=O)c1ccc[nH]1)N[C@@H]1CCCc2ccccc21. The van der Waals surface area contributed by atoms with Crippen molar-refractivity contribution in [3.8, 4) is 0 Å². The van der Waals surface area contributed by atoms with Crippen molar-refractivity contribution in [1.29, 1.82) is 0 Å². The number of carbonyl (C=O) groups is 2. The Kier molecular flexibility index (Phi) is 4.23. The van der Waals surface area contributed by atoms with E-state index in [0.29, 0.717) is 5.69 Å². The second-order valence-corrected chi connectivity index (χ2v) is 5.37. The number of carbonyl (C=O) groups excluding carboxylic acids is 2. The van der Waals surface area contributed by atoms with Crippen LogP contribution in [0, 0.1) is 0 Å². The van der Waals surface area contributed by atoms with E-state index in [1.165, 1.54) is 5.56 Å². The predicted octanol–water partition coefficient (Wildman–Crippen LogP) is 2.37. The number of benzene rings is 1. The zero-order valence-electron chi connectivity index (χ0n) is 12.2. The Morgan fingerprint density at radius 1 is 1.23 bits per heavy atom. The van der Waals surface area contributed by atoms with E-state index >= 15 is 0 Å². The molecule has 5 heteroatoms. The number of amides is 1. The highest BCUT2D eigenvalue weighted by molar-refractivity contribution is 5.89. The van der Waals surface area contributed by atoms with Gasteiger partial charge in [0, 0.05) is 6.20 Å². The maximum atomic E-state index is 12.0. The van der Waals surface area contributed by atoms with Crippen molar-refractivity contribution >= 4 is 11.9 Å². The van der Waals surface area contributed by atoms with Gasteiger partial charge in [0.2, 0.25) is 0 Å². The van der Waals surface area contributed by atoms with Crippen LogP contribution in [0.1, 0.15) is 40.5 Å². The molecule has 2 aromatic rings. The molecule has 5 nitrogen and oxygen atoms in total. The fourth-order valence-electron chi connectivity index (χ4n) is 2.81. The van der Waals surface area contributed by atoms with Crippen molar-refractivity contribution in [2.45, 2.75) is 25.3 Å². The van der Waals surface area contributed by atoms with Gasteiger partial charge in [-0.05, 0) is 42.5 Å². The summed E-state index contributed by atoms with van der Waals surface area (Å²) < 4.78 is 5.00. The third-order valence-electron chi connectivity index (χ3n) is 3.86. The maximum Gasteiger partial charge on any atom is 0.355 e. The Morgan fingerprint density at radius 3 is 2.91 bits per heavy atom. The first kappa shape index (κ1) is 14.4. The second-order valence-electron chi connectivity index (χ2n) is 5.37. The molecule has 0 spiro atoms. The molecule has 22 heavy (non-hydrogen) atoms. The van der Waals surface area contributed by atoms with E-state index < -0.39 is 5.97 Å². The number of ether oxygens (including phenoxy) is 1. The van der Waals surface area contributed by atoms with Gasteiger partial charge in [-0.25, -0.2) is 4.79 Å². The van der Waals surface area contributed by atoms with Gasteiger partial charge in [-0.15, -0.1) is 0 Å². The van der Waals surface area contributed by atoms with Crippen LogP contribution in [0.2, 0.25) is 0 Å². The van der Waals surface area contributed by atoms with E-state index in [-0.39, 0.29) is 18.6 Å². The maximum absolute atomic E-state index is 12.0. The lowest BCUT2D eigenvalue weighted by Gasteiger charge is -2.26. The molecular formula is C17H18N2O3. The lowest BCUT2D eigenvalue weighted by molar-refractivity contribution is -0.125. The first-order valence-corrected chi connectivity index (χ1v) is 7.42. The lowest BCUT2D eigenvalue weighted by atomic mass is 9.88. The van der Waals surface area contributed by atoms with Crippen LogP contribution in [0.5, 0.6) is 0 Å². The van der Waals surface area contributed by atoms with Gasteiger partial charge in [0.25, 0.3) is 5.91 Å². The van der Waals surface area contributed by atoms with Gasteiger partial charge in [0.05, 0.1) is 6.04 Å². The fourth-order valence-corrected chi connectivity index (χ4v) is 2.81. The van der Waals surface area contributed by atoms with Crippen LogP contribution in [-0.2, 0) is 16.0 Å². The number of aryl methyl sites for hydroxylation is 1. The highest BCUT2D eigenvalue weighted by Crippen LogP contribution is 2.29. The normalized spacial score (nSPS) is 16.6. The van der Waals surface area contributed by atoms with Gasteiger partial charge in [0.1, 0.15) is 5.69 Å². The van der Waals surface area contributed by atoms with E-state index in [1.54, 1.807) is 18.3 Å². The van der Waals surface area contributed by atoms with Gasteiger partial charge < -0.3 is 15.0 Å². The van der Waals surface area contributed by atoms with Crippen molar-refractivity contribution in [2.75, 3.05) is 6.61 Å². The molecule has 1 amide bonds. The molecule has 1 atom stereocenters. The Bertz CT molecular complexity index is 664. The lowest BCUT2D eigenvalue weighted by Crippen LogP contribution is -2.34. The molecule has 0 fully saturated rings. The van der Waals surface area contributed by atoms with Crippen LogP contribution >= 0.6 is 0 Å². The van der Waals surface area contributed by atoms with Crippen LogP contribution in [0.15, 0.2) is 42.6 Å². The summed E-state index contributed by atoms with van der Waals surface area (Å²) in [6.45, 7) is -0.267. The number of rotatable bonds is 4. The fraction of sp³-hybridized carbons (Fsp3) is 0.294.